The van der Waals surface area contributed by atoms with Gasteiger partial charge in [-0.1, -0.05) is 20.8 Å². The predicted molar refractivity (Wildman–Crippen MR) is 98.6 cm³/mol. The van der Waals surface area contributed by atoms with Gasteiger partial charge in [-0.15, -0.1) is 0 Å². The van der Waals surface area contributed by atoms with Crippen LogP contribution in [0.25, 0.3) is 0 Å². The average molecular weight is 331 g/mol. The van der Waals surface area contributed by atoms with Crippen LogP contribution in [-0.4, -0.2) is 29.7 Å². The molecule has 1 aromatic heterocycles. The van der Waals surface area contributed by atoms with E-state index in [1.54, 1.807) is 6.34 Å². The second-order valence-electron chi connectivity index (χ2n) is 7.00. The summed E-state index contributed by atoms with van der Waals surface area (Å²) < 4.78 is 10.5. The summed E-state index contributed by atoms with van der Waals surface area (Å²) in [6.45, 7) is 10.5. The third-order valence-corrected chi connectivity index (χ3v) is 4.06. The minimum atomic E-state index is 0.0355. The molecule has 0 saturated carbocycles. The summed E-state index contributed by atoms with van der Waals surface area (Å²) in [5.41, 5.74) is 4.20. The van der Waals surface area contributed by atoms with E-state index in [1.807, 2.05) is 45.0 Å². The van der Waals surface area contributed by atoms with Crippen molar-refractivity contribution in [3.8, 4) is 10.8 Å². The zero-order valence-corrected chi connectivity index (χ0v) is 15.8. The molecular formula is C18H25N3OS. The van der Waals surface area contributed by atoms with Gasteiger partial charge in [-0.3, -0.25) is 0 Å². The first-order chi connectivity index (χ1) is 10.7. The highest BCUT2D eigenvalue weighted by Gasteiger charge is 2.18. The fraction of sp³-hybridized carbons (Fsp3) is 0.444. The summed E-state index contributed by atoms with van der Waals surface area (Å²) >= 11 is 1.40. The summed E-state index contributed by atoms with van der Waals surface area (Å²) in [6.07, 6.45) is 1.81. The predicted octanol–water partition coefficient (Wildman–Crippen LogP) is 5.07. The van der Waals surface area contributed by atoms with Crippen molar-refractivity contribution < 1.29 is 4.74 Å². The van der Waals surface area contributed by atoms with Crippen molar-refractivity contribution in [2.75, 3.05) is 14.1 Å². The van der Waals surface area contributed by atoms with Crippen molar-refractivity contribution in [3.63, 3.8) is 0 Å². The van der Waals surface area contributed by atoms with Gasteiger partial charge in [0.05, 0.1) is 17.7 Å². The Morgan fingerprint density at radius 3 is 2.39 bits per heavy atom. The number of aliphatic imine (C=N–C) groups is 1. The Balaban J connectivity index is 2.24. The molecule has 0 amide bonds. The summed E-state index contributed by atoms with van der Waals surface area (Å²) in [4.78, 5) is 6.41. The fourth-order valence-corrected chi connectivity index (χ4v) is 2.78. The molecule has 0 atom stereocenters. The molecule has 23 heavy (non-hydrogen) atoms. The van der Waals surface area contributed by atoms with E-state index in [-0.39, 0.29) is 5.41 Å². The fourth-order valence-electron chi connectivity index (χ4n) is 1.97. The zero-order chi connectivity index (χ0) is 17.2. The molecule has 0 spiro atoms. The number of hydrogen-bond acceptors (Lipinski definition) is 4. The molecule has 0 radical (unpaired) electrons. The van der Waals surface area contributed by atoms with Crippen molar-refractivity contribution in [1.29, 1.82) is 0 Å². The average Bonchev–Trinajstić information content (AvgIpc) is 2.89. The molecule has 1 heterocycles. The standard InChI is InChI=1S/C18H25N3OS/c1-12-9-15(13(2)8-14(12)19-11-21(6)7)22-17-10-16(20-23-17)18(3,4)5/h8-11H,1-7H3/b19-11-. The molecule has 0 N–H and O–H groups in total. The molecule has 0 aliphatic rings. The monoisotopic (exact) mass is 331 g/mol. The molecule has 0 fully saturated rings. The molecule has 0 saturated heterocycles. The lowest BCUT2D eigenvalue weighted by molar-refractivity contribution is 0.489. The molecule has 0 aliphatic carbocycles. The third-order valence-electron chi connectivity index (χ3n) is 3.39. The smallest absolute Gasteiger partial charge is 0.200 e. The molecule has 0 unspecified atom stereocenters. The Morgan fingerprint density at radius 2 is 1.83 bits per heavy atom. The van der Waals surface area contributed by atoms with Crippen LogP contribution in [-0.2, 0) is 5.41 Å². The van der Waals surface area contributed by atoms with Gasteiger partial charge in [-0.2, -0.15) is 4.37 Å². The van der Waals surface area contributed by atoms with Crippen molar-refractivity contribution >= 4 is 23.6 Å². The zero-order valence-electron chi connectivity index (χ0n) is 15.0. The number of nitrogens with zero attached hydrogens (tertiary/aromatic N) is 3. The Hall–Kier alpha value is -1.88. The highest BCUT2D eigenvalue weighted by atomic mass is 32.1. The van der Waals surface area contributed by atoms with Gasteiger partial charge in [0.25, 0.3) is 0 Å². The maximum absolute atomic E-state index is 6.04. The van der Waals surface area contributed by atoms with Gasteiger partial charge in [0.15, 0.2) is 5.06 Å². The van der Waals surface area contributed by atoms with Gasteiger partial charge in [-0.25, -0.2) is 4.99 Å². The van der Waals surface area contributed by atoms with Gasteiger partial charge in [0.1, 0.15) is 5.75 Å². The summed E-state index contributed by atoms with van der Waals surface area (Å²) in [7, 11) is 3.92. The summed E-state index contributed by atoms with van der Waals surface area (Å²) in [5.74, 6) is 0.857. The molecule has 0 bridgehead atoms. The molecule has 5 heteroatoms. The Kier molecular flexibility index (Phi) is 5.09. The van der Waals surface area contributed by atoms with E-state index in [1.165, 1.54) is 11.5 Å². The van der Waals surface area contributed by atoms with Crippen LogP contribution < -0.4 is 4.74 Å². The van der Waals surface area contributed by atoms with E-state index in [0.29, 0.717) is 0 Å². The Labute approximate surface area is 143 Å². The molecule has 0 aliphatic heterocycles. The van der Waals surface area contributed by atoms with Gasteiger partial charge < -0.3 is 9.64 Å². The van der Waals surface area contributed by atoms with Crippen LogP contribution in [0.5, 0.6) is 10.8 Å². The van der Waals surface area contributed by atoms with Gasteiger partial charge >= 0.3 is 0 Å². The van der Waals surface area contributed by atoms with Crippen LogP contribution in [0.4, 0.5) is 5.69 Å². The van der Waals surface area contributed by atoms with Crippen molar-refractivity contribution in [2.45, 2.75) is 40.0 Å². The van der Waals surface area contributed by atoms with Crippen LogP contribution in [0.1, 0.15) is 37.6 Å². The first kappa shape index (κ1) is 17.5. The van der Waals surface area contributed by atoms with E-state index in [9.17, 15) is 0 Å². The topological polar surface area (TPSA) is 37.7 Å². The Bertz CT molecular complexity index is 712. The van der Waals surface area contributed by atoms with Crippen LogP contribution in [0, 0.1) is 13.8 Å². The lowest BCUT2D eigenvalue weighted by Gasteiger charge is -2.14. The van der Waals surface area contributed by atoms with Gasteiger partial charge in [-0.05, 0) is 37.1 Å². The van der Waals surface area contributed by atoms with Crippen LogP contribution in [0.3, 0.4) is 0 Å². The molecule has 2 aromatic rings. The molecule has 124 valence electrons. The third kappa shape index (κ3) is 4.55. The minimum absolute atomic E-state index is 0.0355. The minimum Gasteiger partial charge on any atom is -0.445 e. The van der Waals surface area contributed by atoms with E-state index in [2.05, 4.69) is 36.2 Å². The highest BCUT2D eigenvalue weighted by molar-refractivity contribution is 7.07. The number of hydrogen-bond donors (Lipinski definition) is 0. The largest absolute Gasteiger partial charge is 0.445 e. The quantitative estimate of drug-likeness (QED) is 0.580. The van der Waals surface area contributed by atoms with E-state index in [0.717, 1.165) is 33.3 Å². The van der Waals surface area contributed by atoms with Gasteiger partial charge in [0.2, 0.25) is 0 Å². The maximum Gasteiger partial charge on any atom is 0.200 e. The van der Waals surface area contributed by atoms with Crippen molar-refractivity contribution in [3.05, 3.63) is 35.0 Å². The lowest BCUT2D eigenvalue weighted by Crippen LogP contribution is -2.10. The van der Waals surface area contributed by atoms with Crippen LogP contribution in [0.15, 0.2) is 23.2 Å². The number of rotatable bonds is 4. The van der Waals surface area contributed by atoms with E-state index < -0.39 is 0 Å². The summed E-state index contributed by atoms with van der Waals surface area (Å²) in [6, 6.07) is 6.11. The van der Waals surface area contributed by atoms with Gasteiger partial charge in [0, 0.05) is 37.1 Å². The number of aryl methyl sites for hydroxylation is 2. The number of benzene rings is 1. The summed E-state index contributed by atoms with van der Waals surface area (Å²) in [5, 5.41) is 0.821. The molecular weight excluding hydrogens is 306 g/mol. The SMILES string of the molecule is Cc1cc(Oc2cc(C(C)(C)C)ns2)c(C)cc1/N=C\N(C)C. The number of ether oxygens (including phenoxy) is 1. The Morgan fingerprint density at radius 1 is 1.13 bits per heavy atom. The van der Waals surface area contributed by atoms with Crippen molar-refractivity contribution in [1.82, 2.24) is 9.27 Å². The lowest BCUT2D eigenvalue weighted by atomic mass is 9.93. The molecule has 4 nitrogen and oxygen atoms in total. The van der Waals surface area contributed by atoms with Crippen molar-refractivity contribution in [2.24, 2.45) is 4.99 Å². The second kappa shape index (κ2) is 6.71. The first-order valence-electron chi connectivity index (χ1n) is 7.64. The van der Waals surface area contributed by atoms with Crippen LogP contribution in [0.2, 0.25) is 0 Å². The molecule has 1 aromatic carbocycles. The van der Waals surface area contributed by atoms with E-state index in [4.69, 9.17) is 4.74 Å². The highest BCUT2D eigenvalue weighted by Crippen LogP contribution is 2.35. The second-order valence-corrected chi connectivity index (χ2v) is 7.76. The molecule has 2 rings (SSSR count). The normalized spacial score (nSPS) is 12.0. The first-order valence-corrected chi connectivity index (χ1v) is 8.41. The maximum atomic E-state index is 6.04. The van der Waals surface area contributed by atoms with E-state index >= 15 is 0 Å². The number of aromatic nitrogens is 1. The van der Waals surface area contributed by atoms with Crippen LogP contribution >= 0.6 is 11.5 Å².